The van der Waals surface area contributed by atoms with Crippen LogP contribution in [0.15, 0.2) is 16.5 Å². The van der Waals surface area contributed by atoms with Gasteiger partial charge in [-0.25, -0.2) is 0 Å². The SMILES string of the molecule is CNCC(C)CN(C)Cc1ccc(C)o1. The summed E-state index contributed by atoms with van der Waals surface area (Å²) in [5.41, 5.74) is 0. The predicted molar refractivity (Wildman–Crippen MR) is 62.9 cm³/mol. The van der Waals surface area contributed by atoms with Gasteiger partial charge in [-0.2, -0.15) is 0 Å². The van der Waals surface area contributed by atoms with E-state index in [2.05, 4.69) is 30.3 Å². The van der Waals surface area contributed by atoms with Gasteiger partial charge in [-0.15, -0.1) is 0 Å². The molecule has 0 fully saturated rings. The first-order chi connectivity index (χ1) is 7.11. The summed E-state index contributed by atoms with van der Waals surface area (Å²) in [6.45, 7) is 7.26. The highest BCUT2D eigenvalue weighted by Crippen LogP contribution is 2.09. The molecule has 0 saturated heterocycles. The fourth-order valence-electron chi connectivity index (χ4n) is 1.85. The smallest absolute Gasteiger partial charge is 0.118 e. The Morgan fingerprint density at radius 3 is 2.73 bits per heavy atom. The average Bonchev–Trinajstić information content (AvgIpc) is 2.51. The van der Waals surface area contributed by atoms with Crippen molar-refractivity contribution in [2.45, 2.75) is 20.4 Å². The fourth-order valence-corrected chi connectivity index (χ4v) is 1.85. The molecular formula is C12H22N2O. The molecule has 1 heterocycles. The number of aryl methyl sites for hydroxylation is 1. The Balaban J connectivity index is 2.32. The Labute approximate surface area is 92.5 Å². The van der Waals surface area contributed by atoms with Crippen LogP contribution in [0, 0.1) is 12.8 Å². The highest BCUT2D eigenvalue weighted by atomic mass is 16.3. The minimum absolute atomic E-state index is 0.663. The van der Waals surface area contributed by atoms with Crippen molar-refractivity contribution in [1.82, 2.24) is 10.2 Å². The normalized spacial score (nSPS) is 13.4. The van der Waals surface area contributed by atoms with Gasteiger partial charge in [0.15, 0.2) is 0 Å². The molecule has 3 heteroatoms. The Kier molecular flexibility index (Phi) is 4.85. The lowest BCUT2D eigenvalue weighted by Gasteiger charge is -2.19. The standard InChI is InChI=1S/C12H22N2O/c1-10(7-13-3)8-14(4)9-12-6-5-11(2)15-12/h5-6,10,13H,7-9H2,1-4H3. The lowest BCUT2D eigenvalue weighted by molar-refractivity contribution is 0.254. The molecule has 1 N–H and O–H groups in total. The van der Waals surface area contributed by atoms with Gasteiger partial charge in [-0.3, -0.25) is 4.90 Å². The van der Waals surface area contributed by atoms with Crippen molar-refractivity contribution in [1.29, 1.82) is 0 Å². The van der Waals surface area contributed by atoms with Crippen molar-refractivity contribution in [3.63, 3.8) is 0 Å². The molecule has 0 saturated carbocycles. The van der Waals surface area contributed by atoms with Gasteiger partial charge < -0.3 is 9.73 Å². The van der Waals surface area contributed by atoms with Gasteiger partial charge in [0.1, 0.15) is 11.5 Å². The zero-order chi connectivity index (χ0) is 11.3. The van der Waals surface area contributed by atoms with E-state index in [9.17, 15) is 0 Å². The van der Waals surface area contributed by atoms with E-state index in [-0.39, 0.29) is 0 Å². The van der Waals surface area contributed by atoms with E-state index in [1.807, 2.05) is 20.0 Å². The molecule has 0 spiro atoms. The summed E-state index contributed by atoms with van der Waals surface area (Å²) in [6, 6.07) is 4.06. The van der Waals surface area contributed by atoms with E-state index in [0.717, 1.165) is 31.2 Å². The fraction of sp³-hybridized carbons (Fsp3) is 0.667. The van der Waals surface area contributed by atoms with Crippen molar-refractivity contribution in [2.24, 2.45) is 5.92 Å². The molecule has 15 heavy (non-hydrogen) atoms. The van der Waals surface area contributed by atoms with Gasteiger partial charge in [0.2, 0.25) is 0 Å². The molecule has 0 amide bonds. The Morgan fingerprint density at radius 2 is 2.20 bits per heavy atom. The predicted octanol–water partition coefficient (Wildman–Crippen LogP) is 1.88. The van der Waals surface area contributed by atoms with Crippen LogP contribution in [0.2, 0.25) is 0 Å². The third kappa shape index (κ3) is 4.49. The van der Waals surface area contributed by atoms with Crippen LogP contribution in [-0.2, 0) is 6.54 Å². The molecule has 1 aromatic rings. The Morgan fingerprint density at radius 1 is 1.47 bits per heavy atom. The van der Waals surface area contributed by atoms with E-state index in [4.69, 9.17) is 4.42 Å². The van der Waals surface area contributed by atoms with Crippen LogP contribution < -0.4 is 5.32 Å². The van der Waals surface area contributed by atoms with E-state index in [0.29, 0.717) is 5.92 Å². The van der Waals surface area contributed by atoms with Crippen LogP contribution in [0.3, 0.4) is 0 Å². The molecule has 1 aromatic heterocycles. The number of nitrogens with zero attached hydrogens (tertiary/aromatic N) is 1. The van der Waals surface area contributed by atoms with Crippen molar-refractivity contribution >= 4 is 0 Å². The maximum atomic E-state index is 5.54. The molecule has 0 aliphatic heterocycles. The van der Waals surface area contributed by atoms with Crippen LogP contribution in [0.1, 0.15) is 18.4 Å². The van der Waals surface area contributed by atoms with Gasteiger partial charge in [-0.05, 0) is 45.6 Å². The van der Waals surface area contributed by atoms with Crippen LogP contribution in [0.5, 0.6) is 0 Å². The maximum Gasteiger partial charge on any atom is 0.118 e. The van der Waals surface area contributed by atoms with E-state index in [1.54, 1.807) is 0 Å². The molecule has 3 nitrogen and oxygen atoms in total. The summed E-state index contributed by atoms with van der Waals surface area (Å²) in [4.78, 5) is 2.29. The van der Waals surface area contributed by atoms with Crippen molar-refractivity contribution < 1.29 is 4.42 Å². The van der Waals surface area contributed by atoms with E-state index < -0.39 is 0 Å². The highest BCUT2D eigenvalue weighted by molar-refractivity contribution is 5.05. The molecule has 0 aromatic carbocycles. The largest absolute Gasteiger partial charge is 0.465 e. The van der Waals surface area contributed by atoms with Crippen LogP contribution in [-0.4, -0.2) is 32.1 Å². The second-order valence-electron chi connectivity index (χ2n) is 4.37. The monoisotopic (exact) mass is 210 g/mol. The molecule has 0 bridgehead atoms. The lowest BCUT2D eigenvalue weighted by Crippen LogP contribution is -2.29. The quantitative estimate of drug-likeness (QED) is 0.777. The van der Waals surface area contributed by atoms with E-state index in [1.165, 1.54) is 0 Å². The second-order valence-corrected chi connectivity index (χ2v) is 4.37. The summed E-state index contributed by atoms with van der Waals surface area (Å²) in [5, 5.41) is 3.19. The Bertz CT molecular complexity index is 283. The van der Waals surface area contributed by atoms with Crippen molar-refractivity contribution in [3.05, 3.63) is 23.7 Å². The highest BCUT2D eigenvalue weighted by Gasteiger charge is 2.07. The Hall–Kier alpha value is -0.800. The van der Waals surface area contributed by atoms with Gasteiger partial charge in [0.05, 0.1) is 6.54 Å². The first kappa shape index (κ1) is 12.3. The van der Waals surface area contributed by atoms with E-state index >= 15 is 0 Å². The molecule has 1 unspecified atom stereocenters. The minimum atomic E-state index is 0.663. The second kappa shape index (κ2) is 5.93. The minimum Gasteiger partial charge on any atom is -0.465 e. The number of furan rings is 1. The summed E-state index contributed by atoms with van der Waals surface area (Å²) < 4.78 is 5.54. The summed E-state index contributed by atoms with van der Waals surface area (Å²) >= 11 is 0. The van der Waals surface area contributed by atoms with Crippen LogP contribution >= 0.6 is 0 Å². The molecule has 0 radical (unpaired) electrons. The number of nitrogens with one attached hydrogen (secondary N) is 1. The van der Waals surface area contributed by atoms with Crippen LogP contribution in [0.4, 0.5) is 0 Å². The molecule has 0 aliphatic rings. The van der Waals surface area contributed by atoms with Gasteiger partial charge in [-0.1, -0.05) is 6.92 Å². The molecular weight excluding hydrogens is 188 g/mol. The van der Waals surface area contributed by atoms with Gasteiger partial charge in [0, 0.05) is 6.54 Å². The van der Waals surface area contributed by atoms with Crippen LogP contribution in [0.25, 0.3) is 0 Å². The zero-order valence-electron chi connectivity index (χ0n) is 10.2. The number of rotatable bonds is 6. The topological polar surface area (TPSA) is 28.4 Å². The zero-order valence-corrected chi connectivity index (χ0v) is 10.2. The lowest BCUT2D eigenvalue weighted by atomic mass is 10.1. The van der Waals surface area contributed by atoms with Gasteiger partial charge in [0.25, 0.3) is 0 Å². The number of hydrogen-bond donors (Lipinski definition) is 1. The molecule has 0 aliphatic carbocycles. The molecule has 1 rings (SSSR count). The summed E-state index contributed by atoms with van der Waals surface area (Å²) in [5.74, 6) is 2.70. The third-order valence-electron chi connectivity index (χ3n) is 2.40. The maximum absolute atomic E-state index is 5.54. The summed E-state index contributed by atoms with van der Waals surface area (Å²) in [7, 11) is 4.12. The molecule has 1 atom stereocenters. The third-order valence-corrected chi connectivity index (χ3v) is 2.40. The van der Waals surface area contributed by atoms with Crippen molar-refractivity contribution in [3.8, 4) is 0 Å². The first-order valence-electron chi connectivity index (χ1n) is 5.50. The van der Waals surface area contributed by atoms with Crippen molar-refractivity contribution in [2.75, 3.05) is 27.2 Å². The summed E-state index contributed by atoms with van der Waals surface area (Å²) in [6.07, 6.45) is 0. The first-order valence-corrected chi connectivity index (χ1v) is 5.50. The molecule has 86 valence electrons. The number of hydrogen-bond acceptors (Lipinski definition) is 3. The van der Waals surface area contributed by atoms with Gasteiger partial charge >= 0.3 is 0 Å². The average molecular weight is 210 g/mol.